The van der Waals surface area contributed by atoms with E-state index in [1.807, 2.05) is 7.05 Å². The molecule has 0 saturated carbocycles. The molecule has 1 amide bonds. The molecule has 2 N–H and O–H groups in total. The molecule has 3 aromatic rings. The lowest BCUT2D eigenvalue weighted by molar-refractivity contribution is 0.0955. The first kappa shape index (κ1) is 16.7. The zero-order chi connectivity index (χ0) is 17.1. The third-order valence-electron chi connectivity index (χ3n) is 3.40. The third kappa shape index (κ3) is 3.34. The molecule has 0 unspecified atom stereocenters. The summed E-state index contributed by atoms with van der Waals surface area (Å²) in [6.45, 7) is 0.928. The lowest BCUT2D eigenvalue weighted by Crippen LogP contribution is -2.29. The fourth-order valence-corrected chi connectivity index (χ4v) is 3.10. The zero-order valence-corrected chi connectivity index (χ0v) is 15.1. The van der Waals surface area contributed by atoms with Crippen LogP contribution < -0.4 is 10.6 Å². The Kier molecular flexibility index (Phi) is 4.96. The van der Waals surface area contributed by atoms with E-state index in [1.54, 1.807) is 28.9 Å². The van der Waals surface area contributed by atoms with Gasteiger partial charge in [0.1, 0.15) is 16.7 Å². The Morgan fingerprint density at radius 3 is 2.88 bits per heavy atom. The number of aryl methyl sites for hydroxylation is 1. The summed E-state index contributed by atoms with van der Waals surface area (Å²) in [5, 5.41) is 11.5. The maximum atomic E-state index is 12.1. The van der Waals surface area contributed by atoms with Gasteiger partial charge in [0.2, 0.25) is 0 Å². The Balaban J connectivity index is 1.62. The quantitative estimate of drug-likeness (QED) is 0.633. The Labute approximate surface area is 151 Å². The maximum absolute atomic E-state index is 12.1. The molecule has 0 radical (unpaired) electrons. The molecule has 0 aliphatic rings. The summed E-state index contributed by atoms with van der Waals surface area (Å²) in [6, 6.07) is 6.93. The minimum atomic E-state index is -0.210. The van der Waals surface area contributed by atoms with Crippen LogP contribution in [0.5, 0.6) is 0 Å². The summed E-state index contributed by atoms with van der Waals surface area (Å²) < 4.78 is 2.34. The molecule has 0 fully saturated rings. The number of amides is 1. The number of hydrogen-bond donors (Lipinski definition) is 2. The van der Waals surface area contributed by atoms with Crippen LogP contribution in [-0.4, -0.2) is 38.7 Å². The Morgan fingerprint density at radius 2 is 2.08 bits per heavy atom. The molecule has 2 aromatic heterocycles. The predicted octanol–water partition coefficient (Wildman–Crippen LogP) is 2.62. The average molecular weight is 410 g/mol. The minimum Gasteiger partial charge on any atom is -0.368 e. The van der Waals surface area contributed by atoms with E-state index in [-0.39, 0.29) is 5.91 Å². The van der Waals surface area contributed by atoms with Gasteiger partial charge in [-0.05, 0) is 28.1 Å². The topological polar surface area (TPSA) is 84.7 Å². The summed E-state index contributed by atoms with van der Waals surface area (Å²) in [5.41, 5.74) is 1.18. The molecule has 0 aliphatic carbocycles. The minimum absolute atomic E-state index is 0.210. The van der Waals surface area contributed by atoms with E-state index in [9.17, 15) is 4.79 Å². The van der Waals surface area contributed by atoms with E-state index in [2.05, 4.69) is 41.6 Å². The van der Waals surface area contributed by atoms with Crippen molar-refractivity contribution in [3.05, 3.63) is 45.8 Å². The monoisotopic (exact) mass is 408 g/mol. The summed E-state index contributed by atoms with van der Waals surface area (Å²) in [7, 11) is 1.81. The highest BCUT2D eigenvalue weighted by Gasteiger charge is 2.13. The number of hydrogen-bond acceptors (Lipinski definition) is 5. The summed E-state index contributed by atoms with van der Waals surface area (Å²) >= 11 is 9.41. The summed E-state index contributed by atoms with van der Waals surface area (Å²) in [6.07, 6.45) is 1.47. The van der Waals surface area contributed by atoms with Crippen LogP contribution in [0.4, 0.5) is 5.82 Å². The van der Waals surface area contributed by atoms with Crippen LogP contribution in [0.15, 0.2) is 35.2 Å². The number of aromatic nitrogens is 4. The fourth-order valence-electron chi connectivity index (χ4n) is 2.27. The number of halogens is 2. The predicted molar refractivity (Wildman–Crippen MR) is 96.3 cm³/mol. The lowest BCUT2D eigenvalue weighted by atomic mass is 10.2. The van der Waals surface area contributed by atoms with Gasteiger partial charge in [0.25, 0.3) is 5.91 Å². The van der Waals surface area contributed by atoms with Gasteiger partial charge < -0.3 is 10.6 Å². The van der Waals surface area contributed by atoms with E-state index >= 15 is 0 Å². The summed E-state index contributed by atoms with van der Waals surface area (Å²) in [4.78, 5) is 20.5. The van der Waals surface area contributed by atoms with Gasteiger partial charge in [-0.3, -0.25) is 4.79 Å². The molecule has 3 rings (SSSR count). The second kappa shape index (κ2) is 7.14. The van der Waals surface area contributed by atoms with Crippen molar-refractivity contribution in [1.29, 1.82) is 0 Å². The first-order valence-electron chi connectivity index (χ1n) is 7.17. The molecular formula is C15H14BrClN6O. The van der Waals surface area contributed by atoms with Gasteiger partial charge in [0.15, 0.2) is 5.65 Å². The molecule has 0 spiro atoms. The first-order chi connectivity index (χ1) is 11.6. The van der Waals surface area contributed by atoms with Gasteiger partial charge in [-0.25, -0.2) is 14.6 Å². The van der Waals surface area contributed by atoms with Gasteiger partial charge in [-0.15, -0.1) is 0 Å². The van der Waals surface area contributed by atoms with Crippen LogP contribution in [0, 0.1) is 0 Å². The number of rotatable bonds is 5. The Morgan fingerprint density at radius 1 is 1.29 bits per heavy atom. The first-order valence-corrected chi connectivity index (χ1v) is 8.35. The number of carbonyl (C=O) groups is 1. The average Bonchev–Trinajstić information content (AvgIpc) is 2.87. The smallest absolute Gasteiger partial charge is 0.252 e. The number of carbonyl (C=O) groups excluding carboxylic acids is 1. The van der Waals surface area contributed by atoms with E-state index in [0.717, 1.165) is 11.0 Å². The van der Waals surface area contributed by atoms with Crippen LogP contribution in [0.1, 0.15) is 10.4 Å². The van der Waals surface area contributed by atoms with E-state index in [4.69, 9.17) is 11.6 Å². The van der Waals surface area contributed by atoms with Gasteiger partial charge in [-0.1, -0.05) is 23.7 Å². The molecule has 124 valence electrons. The largest absolute Gasteiger partial charge is 0.368 e. The fraction of sp³-hybridized carbons (Fsp3) is 0.200. The molecule has 0 aliphatic heterocycles. The molecule has 0 bridgehead atoms. The highest BCUT2D eigenvalue weighted by Crippen LogP contribution is 2.26. The van der Waals surface area contributed by atoms with Gasteiger partial charge in [-0.2, -0.15) is 5.10 Å². The van der Waals surface area contributed by atoms with E-state index in [1.165, 1.54) is 6.33 Å². The van der Waals surface area contributed by atoms with Crippen molar-refractivity contribution in [1.82, 2.24) is 25.1 Å². The molecule has 7 nitrogen and oxygen atoms in total. The van der Waals surface area contributed by atoms with Crippen molar-refractivity contribution < 1.29 is 4.79 Å². The number of anilines is 1. The number of nitrogens with one attached hydrogen (secondary N) is 2. The molecule has 0 atom stereocenters. The van der Waals surface area contributed by atoms with Crippen molar-refractivity contribution in [2.45, 2.75) is 0 Å². The highest BCUT2D eigenvalue weighted by molar-refractivity contribution is 9.10. The van der Waals surface area contributed by atoms with Crippen molar-refractivity contribution >= 4 is 50.3 Å². The molecule has 2 heterocycles. The van der Waals surface area contributed by atoms with Gasteiger partial charge in [0.05, 0.1) is 16.0 Å². The van der Waals surface area contributed by atoms with Crippen molar-refractivity contribution in [3.8, 4) is 0 Å². The number of benzene rings is 1. The van der Waals surface area contributed by atoms with Crippen LogP contribution >= 0.6 is 27.5 Å². The van der Waals surface area contributed by atoms with Crippen LogP contribution in [0.3, 0.4) is 0 Å². The molecule has 1 aromatic carbocycles. The van der Waals surface area contributed by atoms with Crippen LogP contribution in [-0.2, 0) is 7.05 Å². The Hall–Kier alpha value is -2.19. The van der Waals surface area contributed by atoms with Crippen LogP contribution in [0.25, 0.3) is 11.0 Å². The van der Waals surface area contributed by atoms with Gasteiger partial charge >= 0.3 is 0 Å². The van der Waals surface area contributed by atoms with Crippen LogP contribution in [0.2, 0.25) is 5.02 Å². The molecule has 0 saturated heterocycles. The second-order valence-electron chi connectivity index (χ2n) is 5.00. The number of fused-ring (bicyclic) bond motifs is 1. The molecular weight excluding hydrogens is 396 g/mol. The normalized spacial score (nSPS) is 10.8. The molecule has 24 heavy (non-hydrogen) atoms. The standard InChI is InChI=1S/C15H14BrClN6O/c1-23-14-11(12(16)22-23)13(20-8-21-14)18-6-7-19-15(24)9-4-2-3-5-10(9)17/h2-5,8H,6-7H2,1H3,(H,19,24)(H,18,20,21). The maximum Gasteiger partial charge on any atom is 0.252 e. The zero-order valence-electron chi connectivity index (χ0n) is 12.8. The van der Waals surface area contributed by atoms with E-state index < -0.39 is 0 Å². The van der Waals surface area contributed by atoms with Crippen molar-refractivity contribution in [3.63, 3.8) is 0 Å². The van der Waals surface area contributed by atoms with Gasteiger partial charge in [0, 0.05) is 20.1 Å². The highest BCUT2D eigenvalue weighted by atomic mass is 79.9. The van der Waals surface area contributed by atoms with Crippen molar-refractivity contribution in [2.75, 3.05) is 18.4 Å². The second-order valence-corrected chi connectivity index (χ2v) is 6.16. The Bertz CT molecular complexity index is 897. The third-order valence-corrected chi connectivity index (χ3v) is 4.28. The SMILES string of the molecule is Cn1nc(Br)c2c(NCCNC(=O)c3ccccc3Cl)ncnc21. The lowest BCUT2D eigenvalue weighted by Gasteiger charge is -2.09. The summed E-state index contributed by atoms with van der Waals surface area (Å²) in [5.74, 6) is 0.449. The van der Waals surface area contributed by atoms with E-state index in [0.29, 0.717) is 34.1 Å². The van der Waals surface area contributed by atoms with Crippen molar-refractivity contribution in [2.24, 2.45) is 7.05 Å². The number of nitrogens with zero attached hydrogens (tertiary/aromatic N) is 4. The molecule has 9 heteroatoms.